The molecule has 9 nitrogen and oxygen atoms in total. The van der Waals surface area contributed by atoms with E-state index in [0.29, 0.717) is 34.2 Å². The van der Waals surface area contributed by atoms with Gasteiger partial charge in [0.25, 0.3) is 0 Å². The average molecular weight is 508 g/mol. The van der Waals surface area contributed by atoms with Gasteiger partial charge in [-0.3, -0.25) is 4.90 Å². The molecule has 0 amide bonds. The van der Waals surface area contributed by atoms with E-state index in [1.165, 1.54) is 6.33 Å². The van der Waals surface area contributed by atoms with Crippen LogP contribution in [-0.2, 0) is 4.74 Å². The second-order valence-electron chi connectivity index (χ2n) is 10.5. The van der Waals surface area contributed by atoms with Gasteiger partial charge in [-0.1, -0.05) is 13.8 Å². The van der Waals surface area contributed by atoms with Crippen molar-refractivity contribution in [2.75, 3.05) is 44.9 Å². The summed E-state index contributed by atoms with van der Waals surface area (Å²) in [6, 6.07) is 2.64. The highest BCUT2D eigenvalue weighted by molar-refractivity contribution is 5.93. The fourth-order valence-electron chi connectivity index (χ4n) is 6.03. The summed E-state index contributed by atoms with van der Waals surface area (Å²) in [5, 5.41) is 4.89. The van der Waals surface area contributed by atoms with Crippen LogP contribution in [0.3, 0.4) is 0 Å². The number of methoxy groups -OCH3 is 1. The van der Waals surface area contributed by atoms with Gasteiger partial charge in [0.05, 0.1) is 24.5 Å². The minimum Gasteiger partial charge on any atom is -0.493 e. The van der Waals surface area contributed by atoms with Gasteiger partial charge in [-0.15, -0.1) is 0 Å². The molecule has 10 heteroatoms. The van der Waals surface area contributed by atoms with Crippen LogP contribution in [0.25, 0.3) is 27.8 Å². The molecule has 1 N–H and O–H groups in total. The second kappa shape index (κ2) is 9.57. The van der Waals surface area contributed by atoms with Crippen LogP contribution in [0.5, 0.6) is 5.75 Å². The van der Waals surface area contributed by atoms with Crippen molar-refractivity contribution in [2.45, 2.75) is 51.6 Å². The van der Waals surface area contributed by atoms with Crippen molar-refractivity contribution in [3.05, 3.63) is 36.2 Å². The fourth-order valence-corrected chi connectivity index (χ4v) is 6.03. The van der Waals surface area contributed by atoms with Crippen LogP contribution in [0.2, 0.25) is 0 Å². The van der Waals surface area contributed by atoms with Gasteiger partial charge in [0, 0.05) is 62.1 Å². The summed E-state index contributed by atoms with van der Waals surface area (Å²) < 4.78 is 29.2. The molecular formula is C27H34FN7O2. The molecule has 0 saturated carbocycles. The van der Waals surface area contributed by atoms with Crippen molar-refractivity contribution in [1.82, 2.24) is 29.5 Å². The van der Waals surface area contributed by atoms with Gasteiger partial charge in [-0.2, -0.15) is 5.10 Å². The highest BCUT2D eigenvalue weighted by Gasteiger charge is 2.32. The summed E-state index contributed by atoms with van der Waals surface area (Å²) in [7, 11) is 1.61. The van der Waals surface area contributed by atoms with E-state index in [4.69, 9.17) is 9.47 Å². The third-order valence-electron chi connectivity index (χ3n) is 7.86. The molecule has 4 aromatic rings. The maximum Gasteiger partial charge on any atom is 0.197 e. The van der Waals surface area contributed by atoms with Crippen LogP contribution in [0.15, 0.2) is 24.8 Å². The number of anilines is 1. The van der Waals surface area contributed by atoms with Crippen LogP contribution in [0, 0.1) is 5.82 Å². The van der Waals surface area contributed by atoms with Crippen LogP contribution in [0.4, 0.5) is 10.2 Å². The first-order valence-electron chi connectivity index (χ1n) is 13.1. The van der Waals surface area contributed by atoms with Crippen molar-refractivity contribution < 1.29 is 13.9 Å². The Hall–Kier alpha value is -3.24. The van der Waals surface area contributed by atoms with Crippen LogP contribution < -0.4 is 9.64 Å². The Morgan fingerprint density at radius 1 is 1.19 bits per heavy atom. The second-order valence-corrected chi connectivity index (χ2v) is 10.5. The lowest BCUT2D eigenvalue weighted by Gasteiger charge is -2.44. The van der Waals surface area contributed by atoms with Crippen molar-refractivity contribution in [3.63, 3.8) is 0 Å². The largest absolute Gasteiger partial charge is 0.493 e. The van der Waals surface area contributed by atoms with E-state index < -0.39 is 0 Å². The molecule has 6 heterocycles. The molecule has 6 rings (SSSR count). The minimum absolute atomic E-state index is 0.0775. The van der Waals surface area contributed by atoms with Gasteiger partial charge >= 0.3 is 0 Å². The molecule has 0 bridgehead atoms. The Morgan fingerprint density at radius 2 is 2.00 bits per heavy atom. The van der Waals surface area contributed by atoms with Crippen LogP contribution >= 0.6 is 0 Å². The molecule has 1 atom stereocenters. The topological polar surface area (TPSA) is 83.8 Å². The van der Waals surface area contributed by atoms with Crippen LogP contribution in [-0.4, -0.2) is 81.5 Å². The zero-order valence-electron chi connectivity index (χ0n) is 21.9. The first kappa shape index (κ1) is 24.1. The number of ether oxygens (including phenoxy) is 2. The highest BCUT2D eigenvalue weighted by atomic mass is 19.1. The molecule has 0 aromatic carbocycles. The van der Waals surface area contributed by atoms with Gasteiger partial charge in [0.15, 0.2) is 23.0 Å². The molecule has 0 unspecified atom stereocenters. The van der Waals surface area contributed by atoms with E-state index in [2.05, 4.69) is 50.6 Å². The average Bonchev–Trinajstić information content (AvgIpc) is 3.54. The van der Waals surface area contributed by atoms with Gasteiger partial charge in [0.1, 0.15) is 6.33 Å². The predicted octanol–water partition coefficient (Wildman–Crippen LogP) is 4.23. The molecule has 4 aromatic heterocycles. The maximum atomic E-state index is 16.4. The number of pyridine rings is 2. The summed E-state index contributed by atoms with van der Waals surface area (Å²) in [5.41, 5.74) is 3.94. The smallest absolute Gasteiger partial charge is 0.197 e. The summed E-state index contributed by atoms with van der Waals surface area (Å²) in [4.78, 5) is 17.0. The van der Waals surface area contributed by atoms with E-state index in [1.807, 2.05) is 12.3 Å². The Morgan fingerprint density at radius 3 is 2.73 bits per heavy atom. The van der Waals surface area contributed by atoms with E-state index in [-0.39, 0.29) is 17.8 Å². The normalized spacial score (nSPS) is 19.9. The van der Waals surface area contributed by atoms with Gasteiger partial charge in [-0.25, -0.2) is 18.9 Å². The lowest BCUT2D eigenvalue weighted by Crippen LogP contribution is -2.56. The summed E-state index contributed by atoms with van der Waals surface area (Å²) in [6.45, 7) is 10.6. The number of fused-ring (bicyclic) bond motifs is 2. The molecule has 196 valence electrons. The highest BCUT2D eigenvalue weighted by Crippen LogP contribution is 2.40. The molecule has 0 radical (unpaired) electrons. The summed E-state index contributed by atoms with van der Waals surface area (Å²) in [5.74, 6) is 0.861. The maximum absolute atomic E-state index is 16.4. The van der Waals surface area contributed by atoms with Gasteiger partial charge in [0.2, 0.25) is 0 Å². The van der Waals surface area contributed by atoms with Gasteiger partial charge < -0.3 is 19.4 Å². The van der Waals surface area contributed by atoms with E-state index in [9.17, 15) is 0 Å². The number of nitrogens with zero attached hydrogens (tertiary/aromatic N) is 6. The number of piperazine rings is 1. The molecule has 2 aliphatic rings. The standard InChI is InChI=1S/C27H34FN7O2/c1-16(2)22-23-20(32-25(22)18-11-21(36-4)26-30-15-31-35(26)14-18)12-29-27(24(23)28)34-8-7-33(13-17(34)3)19-5-9-37-10-6-19/h11-12,14-17,19,32H,5-10,13H2,1-4H3/t17-/m1/s1. The summed E-state index contributed by atoms with van der Waals surface area (Å²) in [6.07, 6.45) is 7.30. The number of hydrogen-bond acceptors (Lipinski definition) is 7. The first-order chi connectivity index (χ1) is 18.0. The SMILES string of the molecule is COc1cc(-c2[nH]c3cnc(N4CCN(C5CCOCC5)C[C@H]4C)c(F)c3c2C(C)C)cn2ncnc12. The number of rotatable bonds is 5. The number of halogens is 1. The van der Waals surface area contributed by atoms with E-state index in [0.717, 1.165) is 62.5 Å². The first-order valence-corrected chi connectivity index (χ1v) is 13.1. The third-order valence-corrected chi connectivity index (χ3v) is 7.86. The minimum atomic E-state index is -0.260. The monoisotopic (exact) mass is 507 g/mol. The molecule has 2 fully saturated rings. The Balaban J connectivity index is 1.39. The zero-order valence-corrected chi connectivity index (χ0v) is 21.9. The fraction of sp³-hybridized carbons (Fsp3) is 0.519. The molecule has 37 heavy (non-hydrogen) atoms. The molecule has 0 spiro atoms. The zero-order chi connectivity index (χ0) is 25.7. The van der Waals surface area contributed by atoms with Crippen LogP contribution in [0.1, 0.15) is 45.1 Å². The van der Waals surface area contributed by atoms with Crippen molar-refractivity contribution in [1.29, 1.82) is 0 Å². The lowest BCUT2D eigenvalue weighted by molar-refractivity contribution is 0.0278. The van der Waals surface area contributed by atoms with Crippen molar-refractivity contribution in [2.24, 2.45) is 0 Å². The molecule has 2 saturated heterocycles. The van der Waals surface area contributed by atoms with Crippen molar-refractivity contribution >= 4 is 22.4 Å². The third kappa shape index (κ3) is 4.12. The quantitative estimate of drug-likeness (QED) is 0.433. The number of aromatic nitrogens is 5. The Kier molecular flexibility index (Phi) is 6.24. The lowest BCUT2D eigenvalue weighted by atomic mass is 9.96. The molecule has 0 aliphatic carbocycles. The van der Waals surface area contributed by atoms with Gasteiger partial charge in [-0.05, 0) is 37.3 Å². The number of nitrogens with one attached hydrogen (secondary N) is 1. The van der Waals surface area contributed by atoms with E-state index >= 15 is 4.39 Å². The molecule has 2 aliphatic heterocycles. The number of aromatic amines is 1. The number of hydrogen-bond donors (Lipinski definition) is 1. The predicted molar refractivity (Wildman–Crippen MR) is 141 cm³/mol. The molecular weight excluding hydrogens is 473 g/mol. The number of H-pyrrole nitrogens is 1. The van der Waals surface area contributed by atoms with Crippen molar-refractivity contribution in [3.8, 4) is 17.0 Å². The van der Waals surface area contributed by atoms with E-state index in [1.54, 1.807) is 17.8 Å². The Bertz CT molecular complexity index is 1430. The summed E-state index contributed by atoms with van der Waals surface area (Å²) >= 11 is 0. The Labute approximate surface area is 215 Å².